The summed E-state index contributed by atoms with van der Waals surface area (Å²) in [4.78, 5) is 3.88. The third kappa shape index (κ3) is 1.83. The number of hydrogen-bond acceptors (Lipinski definition) is 2. The van der Waals surface area contributed by atoms with Crippen LogP contribution in [0.25, 0.3) is 5.65 Å². The lowest BCUT2D eigenvalue weighted by Crippen LogP contribution is -1.96. The van der Waals surface area contributed by atoms with Crippen molar-refractivity contribution in [3.8, 4) is 0 Å². The zero-order valence-electron chi connectivity index (χ0n) is 7.95. The Morgan fingerprint density at radius 1 is 1.38 bits per heavy atom. The SMILES string of the molecule is CC.Cc1nn2ccnc2cc1F. The fourth-order valence-corrected chi connectivity index (χ4v) is 0.923. The largest absolute Gasteiger partial charge is 0.235 e. The lowest BCUT2D eigenvalue weighted by Gasteiger charge is -1.95. The molecule has 0 unspecified atom stereocenters. The number of halogens is 1. The van der Waals surface area contributed by atoms with E-state index in [-0.39, 0.29) is 5.82 Å². The van der Waals surface area contributed by atoms with Crippen molar-refractivity contribution in [1.29, 1.82) is 0 Å². The first kappa shape index (κ1) is 9.64. The van der Waals surface area contributed by atoms with Gasteiger partial charge in [0.2, 0.25) is 0 Å². The van der Waals surface area contributed by atoms with Gasteiger partial charge in [-0.2, -0.15) is 5.10 Å². The summed E-state index contributed by atoms with van der Waals surface area (Å²) in [6, 6.07) is 1.36. The Labute approximate surface area is 76.2 Å². The first-order chi connectivity index (χ1) is 6.27. The molecular formula is C9H12FN3. The second kappa shape index (κ2) is 3.98. The van der Waals surface area contributed by atoms with E-state index in [0.717, 1.165) is 0 Å². The zero-order valence-corrected chi connectivity index (χ0v) is 7.95. The minimum Gasteiger partial charge on any atom is -0.235 e. The highest BCUT2D eigenvalue weighted by atomic mass is 19.1. The first-order valence-corrected chi connectivity index (χ1v) is 4.24. The monoisotopic (exact) mass is 181 g/mol. The highest BCUT2D eigenvalue weighted by molar-refractivity contribution is 5.36. The van der Waals surface area contributed by atoms with Gasteiger partial charge in [-0.05, 0) is 6.92 Å². The molecule has 0 aliphatic rings. The molecular weight excluding hydrogens is 169 g/mol. The van der Waals surface area contributed by atoms with E-state index in [9.17, 15) is 4.39 Å². The molecule has 2 heterocycles. The number of nitrogens with zero attached hydrogens (tertiary/aromatic N) is 3. The summed E-state index contributed by atoms with van der Waals surface area (Å²) in [6.07, 6.45) is 3.27. The van der Waals surface area contributed by atoms with Crippen LogP contribution in [0.3, 0.4) is 0 Å². The van der Waals surface area contributed by atoms with Gasteiger partial charge in [-0.3, -0.25) is 0 Å². The molecule has 0 aliphatic carbocycles. The van der Waals surface area contributed by atoms with Crippen molar-refractivity contribution in [3.05, 3.63) is 30.0 Å². The Bertz CT molecular complexity index is 359. The quantitative estimate of drug-likeness (QED) is 0.623. The molecule has 0 amide bonds. The Morgan fingerprint density at radius 3 is 2.77 bits per heavy atom. The average molecular weight is 181 g/mol. The van der Waals surface area contributed by atoms with Crippen LogP contribution in [-0.2, 0) is 0 Å². The van der Waals surface area contributed by atoms with Gasteiger partial charge in [0, 0.05) is 18.5 Å². The molecule has 13 heavy (non-hydrogen) atoms. The van der Waals surface area contributed by atoms with Crippen LogP contribution < -0.4 is 0 Å². The van der Waals surface area contributed by atoms with Gasteiger partial charge in [0.1, 0.15) is 5.82 Å². The van der Waals surface area contributed by atoms with Gasteiger partial charge >= 0.3 is 0 Å². The molecule has 0 spiro atoms. The van der Waals surface area contributed by atoms with E-state index in [2.05, 4.69) is 10.1 Å². The molecule has 0 radical (unpaired) electrons. The fraction of sp³-hybridized carbons (Fsp3) is 0.333. The molecule has 0 bridgehead atoms. The lowest BCUT2D eigenvalue weighted by molar-refractivity contribution is 0.600. The summed E-state index contributed by atoms with van der Waals surface area (Å²) >= 11 is 0. The molecule has 2 aromatic rings. The van der Waals surface area contributed by atoms with E-state index in [4.69, 9.17) is 0 Å². The minimum atomic E-state index is -0.316. The number of fused-ring (bicyclic) bond motifs is 1. The average Bonchev–Trinajstić information content (AvgIpc) is 2.56. The van der Waals surface area contributed by atoms with Gasteiger partial charge in [-0.1, -0.05) is 13.8 Å². The number of aryl methyl sites for hydroxylation is 1. The molecule has 3 nitrogen and oxygen atoms in total. The first-order valence-electron chi connectivity index (χ1n) is 4.24. The van der Waals surface area contributed by atoms with E-state index in [0.29, 0.717) is 11.3 Å². The van der Waals surface area contributed by atoms with E-state index in [1.165, 1.54) is 6.07 Å². The minimum absolute atomic E-state index is 0.316. The van der Waals surface area contributed by atoms with Gasteiger partial charge in [0.15, 0.2) is 5.65 Å². The second-order valence-electron chi connectivity index (χ2n) is 2.31. The van der Waals surface area contributed by atoms with Crippen LogP contribution in [0.1, 0.15) is 19.5 Å². The molecule has 0 fully saturated rings. The van der Waals surface area contributed by atoms with Gasteiger partial charge in [-0.15, -0.1) is 0 Å². The van der Waals surface area contributed by atoms with Crippen LogP contribution >= 0.6 is 0 Å². The Morgan fingerprint density at radius 2 is 2.08 bits per heavy atom. The number of aromatic nitrogens is 3. The number of hydrogen-bond donors (Lipinski definition) is 0. The van der Waals surface area contributed by atoms with E-state index >= 15 is 0 Å². The number of imidazole rings is 1. The van der Waals surface area contributed by atoms with Crippen LogP contribution in [0.4, 0.5) is 4.39 Å². The summed E-state index contributed by atoms with van der Waals surface area (Å²) in [5.41, 5.74) is 0.920. The van der Waals surface area contributed by atoms with Crippen LogP contribution in [0.15, 0.2) is 18.5 Å². The molecule has 4 heteroatoms. The Hall–Kier alpha value is -1.45. The van der Waals surface area contributed by atoms with Gasteiger partial charge < -0.3 is 0 Å². The summed E-state index contributed by atoms with van der Waals surface area (Å²) in [6.45, 7) is 5.62. The standard InChI is InChI=1S/C7H6FN3.C2H6/c1-5-6(8)4-7-9-2-3-11(7)10-5;1-2/h2-4H,1H3;1-2H3. The molecule has 0 aromatic carbocycles. The molecule has 0 saturated carbocycles. The zero-order chi connectivity index (χ0) is 9.84. The third-order valence-corrected chi connectivity index (χ3v) is 1.51. The smallest absolute Gasteiger partial charge is 0.156 e. The van der Waals surface area contributed by atoms with Crippen LogP contribution in [0.5, 0.6) is 0 Å². The van der Waals surface area contributed by atoms with E-state index < -0.39 is 0 Å². The summed E-state index contributed by atoms with van der Waals surface area (Å²) in [7, 11) is 0. The summed E-state index contributed by atoms with van der Waals surface area (Å²) in [5, 5.41) is 3.91. The maximum absolute atomic E-state index is 12.8. The van der Waals surface area contributed by atoms with E-state index in [1.807, 2.05) is 13.8 Å². The third-order valence-electron chi connectivity index (χ3n) is 1.51. The maximum atomic E-state index is 12.8. The van der Waals surface area contributed by atoms with Crippen molar-refractivity contribution in [3.63, 3.8) is 0 Å². The van der Waals surface area contributed by atoms with E-state index in [1.54, 1.807) is 23.8 Å². The molecule has 0 saturated heterocycles. The maximum Gasteiger partial charge on any atom is 0.156 e. The van der Waals surface area contributed by atoms with Crippen molar-refractivity contribution in [2.75, 3.05) is 0 Å². The van der Waals surface area contributed by atoms with Crippen molar-refractivity contribution < 1.29 is 4.39 Å². The Kier molecular flexibility index (Phi) is 2.95. The van der Waals surface area contributed by atoms with Crippen molar-refractivity contribution >= 4 is 5.65 Å². The summed E-state index contributed by atoms with van der Waals surface area (Å²) in [5.74, 6) is -0.316. The predicted molar refractivity (Wildman–Crippen MR) is 49.0 cm³/mol. The number of rotatable bonds is 0. The van der Waals surface area contributed by atoms with Crippen molar-refractivity contribution in [1.82, 2.24) is 14.6 Å². The molecule has 0 atom stereocenters. The molecule has 70 valence electrons. The van der Waals surface area contributed by atoms with Crippen LogP contribution in [0.2, 0.25) is 0 Å². The van der Waals surface area contributed by atoms with Crippen molar-refractivity contribution in [2.24, 2.45) is 0 Å². The lowest BCUT2D eigenvalue weighted by atomic mass is 10.4. The fourth-order valence-electron chi connectivity index (χ4n) is 0.923. The van der Waals surface area contributed by atoms with Gasteiger partial charge in [-0.25, -0.2) is 13.9 Å². The van der Waals surface area contributed by atoms with Crippen molar-refractivity contribution in [2.45, 2.75) is 20.8 Å². The second-order valence-corrected chi connectivity index (χ2v) is 2.31. The van der Waals surface area contributed by atoms with Gasteiger partial charge in [0.05, 0.1) is 5.69 Å². The normalized spacial score (nSPS) is 9.54. The van der Waals surface area contributed by atoms with Crippen LogP contribution in [0, 0.1) is 12.7 Å². The topological polar surface area (TPSA) is 30.2 Å². The molecule has 2 rings (SSSR count). The highest BCUT2D eigenvalue weighted by Crippen LogP contribution is 2.04. The molecule has 0 aliphatic heterocycles. The summed E-state index contributed by atoms with van der Waals surface area (Å²) < 4.78 is 14.4. The highest BCUT2D eigenvalue weighted by Gasteiger charge is 2.00. The predicted octanol–water partition coefficient (Wildman–Crippen LogP) is 2.20. The Balaban J connectivity index is 0.000000396. The van der Waals surface area contributed by atoms with Gasteiger partial charge in [0.25, 0.3) is 0 Å². The van der Waals surface area contributed by atoms with Crippen LogP contribution in [-0.4, -0.2) is 14.6 Å². The molecule has 0 N–H and O–H groups in total. The molecule has 2 aromatic heterocycles.